The van der Waals surface area contributed by atoms with Gasteiger partial charge in [-0.2, -0.15) is 0 Å². The average molecular weight is 421 g/mol. The van der Waals surface area contributed by atoms with Crippen molar-refractivity contribution in [2.75, 3.05) is 27.3 Å². The van der Waals surface area contributed by atoms with Crippen molar-refractivity contribution < 1.29 is 17.9 Å². The van der Waals surface area contributed by atoms with E-state index in [1.807, 2.05) is 25.1 Å². The summed E-state index contributed by atoms with van der Waals surface area (Å²) in [6.45, 7) is 3.82. The summed E-state index contributed by atoms with van der Waals surface area (Å²) in [6, 6.07) is 12.2. The second-order valence-corrected chi connectivity index (χ2v) is 7.80. The molecule has 0 aliphatic heterocycles. The molecule has 2 aromatic rings. The van der Waals surface area contributed by atoms with E-state index in [2.05, 4.69) is 15.6 Å². The van der Waals surface area contributed by atoms with E-state index >= 15 is 0 Å². The first-order chi connectivity index (χ1) is 13.9. The minimum absolute atomic E-state index is 0.109. The molecule has 0 heterocycles. The lowest BCUT2D eigenvalue weighted by atomic mass is 10.1. The van der Waals surface area contributed by atoms with Crippen LogP contribution >= 0.6 is 0 Å². The normalized spacial score (nSPS) is 11.8. The van der Waals surface area contributed by atoms with E-state index in [0.29, 0.717) is 25.5 Å². The first-order valence-electron chi connectivity index (χ1n) is 9.22. The summed E-state index contributed by atoms with van der Waals surface area (Å²) < 4.78 is 33.3. The molecule has 0 fully saturated rings. The number of nitrogens with two attached hydrogens (primary N) is 1. The fraction of sp³-hybridized carbons (Fsp3) is 0.350. The van der Waals surface area contributed by atoms with Crippen LogP contribution in [0, 0.1) is 0 Å². The molecule has 0 bridgehead atoms. The summed E-state index contributed by atoms with van der Waals surface area (Å²) >= 11 is 0. The summed E-state index contributed by atoms with van der Waals surface area (Å²) in [7, 11) is -0.437. The lowest BCUT2D eigenvalue weighted by Gasteiger charge is -2.13. The number of rotatable bonds is 9. The molecule has 0 aliphatic rings. The number of nitrogens with one attached hydrogen (secondary N) is 2. The van der Waals surface area contributed by atoms with Crippen LogP contribution in [0.1, 0.15) is 18.1 Å². The SMILES string of the molecule is CCNC(=NCc1ccc(OC)cc1OC)NCCc1ccc(S(N)(=O)=O)cc1. The number of nitrogens with zero attached hydrogens (tertiary/aromatic N) is 1. The number of primary sulfonamides is 1. The Kier molecular flexibility index (Phi) is 8.29. The molecular formula is C20H28N4O4S. The van der Waals surface area contributed by atoms with Crippen LogP contribution in [0.25, 0.3) is 0 Å². The molecular weight excluding hydrogens is 392 g/mol. The maximum atomic E-state index is 11.3. The molecule has 0 unspecified atom stereocenters. The lowest BCUT2D eigenvalue weighted by Crippen LogP contribution is -2.38. The fourth-order valence-electron chi connectivity index (χ4n) is 2.66. The molecule has 8 nitrogen and oxygen atoms in total. The van der Waals surface area contributed by atoms with Crippen molar-refractivity contribution >= 4 is 16.0 Å². The standard InChI is InChI=1S/C20H28N4O4S/c1-4-22-20(24-14-16-7-8-17(27-2)13-19(16)28-3)23-12-11-15-5-9-18(10-6-15)29(21,25)26/h5-10,13H,4,11-12,14H2,1-3H3,(H2,21,25,26)(H2,22,23,24). The Bertz CT molecular complexity index is 928. The number of benzene rings is 2. The van der Waals surface area contributed by atoms with Crippen molar-refractivity contribution in [3.8, 4) is 11.5 Å². The van der Waals surface area contributed by atoms with Gasteiger partial charge in [-0.05, 0) is 43.2 Å². The number of ether oxygens (including phenoxy) is 2. The maximum Gasteiger partial charge on any atom is 0.238 e. The fourth-order valence-corrected chi connectivity index (χ4v) is 3.17. The highest BCUT2D eigenvalue weighted by atomic mass is 32.2. The van der Waals surface area contributed by atoms with Crippen LogP contribution in [0.15, 0.2) is 52.4 Å². The Morgan fingerprint density at radius 1 is 1.07 bits per heavy atom. The quantitative estimate of drug-likeness (QED) is 0.420. The summed E-state index contributed by atoms with van der Waals surface area (Å²) in [5.74, 6) is 2.14. The number of hydrogen-bond acceptors (Lipinski definition) is 5. The van der Waals surface area contributed by atoms with Gasteiger partial charge in [0.15, 0.2) is 5.96 Å². The number of aliphatic imine (C=N–C) groups is 1. The number of sulfonamides is 1. The summed E-state index contributed by atoms with van der Waals surface area (Å²) in [6.07, 6.45) is 0.709. The molecule has 0 amide bonds. The predicted octanol–water partition coefficient (Wildman–Crippen LogP) is 1.65. The molecule has 0 radical (unpaired) electrons. The first kappa shape index (κ1) is 22.5. The van der Waals surface area contributed by atoms with E-state index in [4.69, 9.17) is 14.6 Å². The third-order valence-electron chi connectivity index (χ3n) is 4.20. The van der Waals surface area contributed by atoms with E-state index in [1.165, 1.54) is 12.1 Å². The van der Waals surface area contributed by atoms with Crippen molar-refractivity contribution in [1.29, 1.82) is 0 Å². The third kappa shape index (κ3) is 6.95. The van der Waals surface area contributed by atoms with Gasteiger partial charge < -0.3 is 20.1 Å². The van der Waals surface area contributed by atoms with Crippen molar-refractivity contribution in [2.45, 2.75) is 24.8 Å². The predicted molar refractivity (Wildman–Crippen MR) is 114 cm³/mol. The van der Waals surface area contributed by atoms with E-state index in [0.717, 1.165) is 29.2 Å². The molecule has 2 aromatic carbocycles. The molecule has 0 spiro atoms. The molecule has 29 heavy (non-hydrogen) atoms. The van der Waals surface area contributed by atoms with Crippen molar-refractivity contribution in [2.24, 2.45) is 10.1 Å². The molecule has 158 valence electrons. The van der Waals surface area contributed by atoms with Gasteiger partial charge in [-0.3, -0.25) is 0 Å². The average Bonchev–Trinajstić information content (AvgIpc) is 2.71. The Balaban J connectivity index is 1.97. The monoisotopic (exact) mass is 420 g/mol. The lowest BCUT2D eigenvalue weighted by molar-refractivity contribution is 0.391. The van der Waals surface area contributed by atoms with Gasteiger partial charge in [0.1, 0.15) is 11.5 Å². The Hall–Kier alpha value is -2.78. The highest BCUT2D eigenvalue weighted by molar-refractivity contribution is 7.89. The minimum Gasteiger partial charge on any atom is -0.497 e. The molecule has 0 aromatic heterocycles. The molecule has 0 saturated carbocycles. The van der Waals surface area contributed by atoms with E-state index in [-0.39, 0.29) is 4.90 Å². The second-order valence-electron chi connectivity index (χ2n) is 6.24. The van der Waals surface area contributed by atoms with Gasteiger partial charge in [0.2, 0.25) is 10.0 Å². The zero-order valence-corrected chi connectivity index (χ0v) is 17.8. The number of guanidine groups is 1. The maximum absolute atomic E-state index is 11.3. The molecule has 9 heteroatoms. The van der Waals surface area contributed by atoms with Gasteiger partial charge >= 0.3 is 0 Å². The van der Waals surface area contributed by atoms with Gasteiger partial charge in [0.05, 0.1) is 25.7 Å². The van der Waals surface area contributed by atoms with Crippen LogP contribution < -0.4 is 25.2 Å². The van der Waals surface area contributed by atoms with E-state index in [9.17, 15) is 8.42 Å². The number of methoxy groups -OCH3 is 2. The Morgan fingerprint density at radius 2 is 1.79 bits per heavy atom. The van der Waals surface area contributed by atoms with Crippen molar-refractivity contribution in [3.05, 3.63) is 53.6 Å². The second kappa shape index (κ2) is 10.7. The topological polar surface area (TPSA) is 115 Å². The van der Waals surface area contributed by atoms with Gasteiger partial charge in [-0.15, -0.1) is 0 Å². The van der Waals surface area contributed by atoms with Crippen molar-refractivity contribution in [1.82, 2.24) is 10.6 Å². The molecule has 4 N–H and O–H groups in total. The molecule has 0 atom stereocenters. The van der Waals surface area contributed by atoms with E-state index < -0.39 is 10.0 Å². The Labute approximate surface area is 172 Å². The van der Waals surface area contributed by atoms with Crippen LogP contribution in [0.3, 0.4) is 0 Å². The molecule has 0 saturated heterocycles. The van der Waals surface area contributed by atoms with Gasteiger partial charge in [0.25, 0.3) is 0 Å². The van der Waals surface area contributed by atoms with Gasteiger partial charge in [0, 0.05) is 24.7 Å². The first-order valence-corrected chi connectivity index (χ1v) is 10.8. The van der Waals surface area contributed by atoms with Gasteiger partial charge in [-0.1, -0.05) is 12.1 Å². The highest BCUT2D eigenvalue weighted by Crippen LogP contribution is 2.25. The van der Waals surface area contributed by atoms with E-state index in [1.54, 1.807) is 26.4 Å². The van der Waals surface area contributed by atoms with Gasteiger partial charge in [-0.25, -0.2) is 18.5 Å². The third-order valence-corrected chi connectivity index (χ3v) is 5.13. The van der Waals surface area contributed by atoms with Crippen LogP contribution in [-0.4, -0.2) is 41.7 Å². The minimum atomic E-state index is -3.67. The molecule has 2 rings (SSSR count). The van der Waals surface area contributed by atoms with Crippen molar-refractivity contribution in [3.63, 3.8) is 0 Å². The zero-order chi connectivity index (χ0) is 21.3. The molecule has 0 aliphatic carbocycles. The highest BCUT2D eigenvalue weighted by Gasteiger charge is 2.07. The zero-order valence-electron chi connectivity index (χ0n) is 16.9. The van der Waals surface area contributed by atoms with Crippen LogP contribution in [0.2, 0.25) is 0 Å². The summed E-state index contributed by atoms with van der Waals surface area (Å²) in [4.78, 5) is 4.71. The Morgan fingerprint density at radius 3 is 2.38 bits per heavy atom. The van der Waals surface area contributed by atoms with Crippen LogP contribution in [-0.2, 0) is 23.0 Å². The largest absolute Gasteiger partial charge is 0.497 e. The van der Waals surface area contributed by atoms with Crippen LogP contribution in [0.5, 0.6) is 11.5 Å². The van der Waals surface area contributed by atoms with Crippen LogP contribution in [0.4, 0.5) is 0 Å². The summed E-state index contributed by atoms with van der Waals surface area (Å²) in [5.41, 5.74) is 1.95. The summed E-state index contributed by atoms with van der Waals surface area (Å²) in [5, 5.41) is 11.6. The number of hydrogen-bond donors (Lipinski definition) is 3. The smallest absolute Gasteiger partial charge is 0.238 e.